The second-order valence-corrected chi connectivity index (χ2v) is 9.86. The maximum atomic E-state index is 14.4. The van der Waals surface area contributed by atoms with E-state index in [1.165, 1.54) is 44.6 Å². The lowest BCUT2D eigenvalue weighted by molar-refractivity contribution is -0.138. The Morgan fingerprint density at radius 2 is 1.61 bits per heavy atom. The fourth-order valence-electron chi connectivity index (χ4n) is 5.83. The average molecular weight is 448 g/mol. The number of benzene rings is 2. The Hall–Kier alpha value is -2.69. The second-order valence-electron chi connectivity index (χ2n) is 9.86. The largest absolute Gasteiger partial charge is 0.335 e. The number of hydrogen-bond acceptors (Lipinski definition) is 2. The molecule has 0 N–H and O–H groups in total. The highest BCUT2D eigenvalue weighted by molar-refractivity contribution is 5.85. The van der Waals surface area contributed by atoms with Crippen molar-refractivity contribution in [1.82, 2.24) is 14.5 Å². The molecule has 2 aliphatic rings. The summed E-state index contributed by atoms with van der Waals surface area (Å²) in [6.07, 6.45) is 11.9. The van der Waals surface area contributed by atoms with Crippen LogP contribution in [0, 0.1) is 12.7 Å². The van der Waals surface area contributed by atoms with Gasteiger partial charge in [0.05, 0.1) is 11.0 Å². The van der Waals surface area contributed by atoms with Crippen LogP contribution in [0.25, 0.3) is 22.4 Å². The summed E-state index contributed by atoms with van der Waals surface area (Å²) in [5.74, 6) is 0.602. The van der Waals surface area contributed by atoms with Gasteiger partial charge in [0.25, 0.3) is 0 Å². The van der Waals surface area contributed by atoms with Gasteiger partial charge in [-0.15, -0.1) is 0 Å². The van der Waals surface area contributed by atoms with E-state index in [1.807, 2.05) is 34.9 Å². The molecular formula is C28H34FN3O. The Bertz CT molecular complexity index is 1110. The van der Waals surface area contributed by atoms with Crippen LogP contribution in [0.1, 0.15) is 69.8 Å². The molecule has 4 nitrogen and oxygen atoms in total. The number of imidazole rings is 1. The zero-order valence-electron chi connectivity index (χ0n) is 19.6. The van der Waals surface area contributed by atoms with Gasteiger partial charge in [0, 0.05) is 17.6 Å². The quantitative estimate of drug-likeness (QED) is 0.439. The van der Waals surface area contributed by atoms with Gasteiger partial charge in [-0.2, -0.15) is 0 Å². The number of hydrogen-bond donors (Lipinski definition) is 0. The molecule has 0 atom stereocenters. The number of amides is 1. The van der Waals surface area contributed by atoms with E-state index in [9.17, 15) is 9.18 Å². The van der Waals surface area contributed by atoms with Crippen molar-refractivity contribution in [3.05, 3.63) is 53.8 Å². The maximum Gasteiger partial charge on any atom is 0.243 e. The summed E-state index contributed by atoms with van der Waals surface area (Å²) in [7, 11) is 0. The van der Waals surface area contributed by atoms with E-state index < -0.39 is 0 Å². The van der Waals surface area contributed by atoms with Gasteiger partial charge in [0.15, 0.2) is 0 Å². The minimum Gasteiger partial charge on any atom is -0.335 e. The SMILES string of the molecule is Cc1ccc(-c2nc3ccccc3n2CC(=O)N(C2CCCCC2)C2CCCCC2)cc1F. The molecule has 2 aliphatic carbocycles. The molecule has 1 heterocycles. The summed E-state index contributed by atoms with van der Waals surface area (Å²) in [6.45, 7) is 2.01. The van der Waals surface area contributed by atoms with Crippen molar-refractivity contribution >= 4 is 16.9 Å². The molecule has 0 aliphatic heterocycles. The van der Waals surface area contributed by atoms with Gasteiger partial charge >= 0.3 is 0 Å². The number of fused-ring (bicyclic) bond motifs is 1. The van der Waals surface area contributed by atoms with Crippen molar-refractivity contribution in [2.24, 2.45) is 0 Å². The molecule has 2 saturated carbocycles. The van der Waals surface area contributed by atoms with Crippen molar-refractivity contribution in [3.63, 3.8) is 0 Å². The first-order valence-corrected chi connectivity index (χ1v) is 12.6. The van der Waals surface area contributed by atoms with Gasteiger partial charge < -0.3 is 9.47 Å². The van der Waals surface area contributed by atoms with Gasteiger partial charge in [0.1, 0.15) is 18.2 Å². The first-order chi connectivity index (χ1) is 16.1. The number of para-hydroxylation sites is 2. The fourth-order valence-corrected chi connectivity index (χ4v) is 5.83. The second kappa shape index (κ2) is 9.66. The minimum atomic E-state index is -0.247. The van der Waals surface area contributed by atoms with Crippen LogP contribution < -0.4 is 0 Å². The van der Waals surface area contributed by atoms with Gasteiger partial charge in [-0.1, -0.05) is 62.8 Å². The molecular weight excluding hydrogens is 413 g/mol. The number of rotatable bonds is 5. The summed E-state index contributed by atoms with van der Waals surface area (Å²) in [5, 5.41) is 0. The Kier molecular flexibility index (Phi) is 6.48. The average Bonchev–Trinajstić information content (AvgIpc) is 3.21. The van der Waals surface area contributed by atoms with Crippen LogP contribution >= 0.6 is 0 Å². The lowest BCUT2D eigenvalue weighted by Crippen LogP contribution is -2.50. The zero-order valence-corrected chi connectivity index (χ0v) is 19.6. The Balaban J connectivity index is 1.52. The van der Waals surface area contributed by atoms with Crippen LogP contribution in [0.3, 0.4) is 0 Å². The van der Waals surface area contributed by atoms with E-state index >= 15 is 0 Å². The Morgan fingerprint density at radius 3 is 2.24 bits per heavy atom. The highest BCUT2D eigenvalue weighted by Crippen LogP contribution is 2.32. The van der Waals surface area contributed by atoms with Crippen LogP contribution in [0.2, 0.25) is 0 Å². The standard InChI is InChI=1S/C28H34FN3O/c1-20-16-17-21(18-24(20)29)28-30-25-14-8-9-15-26(25)31(28)19-27(33)32(22-10-4-2-5-11-22)23-12-6-3-7-13-23/h8-9,14-18,22-23H,2-7,10-13,19H2,1H3. The molecule has 1 amide bonds. The van der Waals surface area contributed by atoms with E-state index in [2.05, 4.69) is 4.90 Å². The summed E-state index contributed by atoms with van der Waals surface area (Å²) in [4.78, 5) is 21.0. The van der Waals surface area contributed by atoms with Gasteiger partial charge in [-0.3, -0.25) is 4.79 Å². The fraction of sp³-hybridized carbons (Fsp3) is 0.500. The number of aryl methyl sites for hydroxylation is 1. The summed E-state index contributed by atoms with van der Waals surface area (Å²) in [6, 6.07) is 13.8. The molecule has 0 unspecified atom stereocenters. The number of carbonyl (C=O) groups excluding carboxylic acids is 1. The Morgan fingerprint density at radius 1 is 0.970 bits per heavy atom. The summed E-state index contributed by atoms with van der Waals surface area (Å²) >= 11 is 0. The highest BCUT2D eigenvalue weighted by atomic mass is 19.1. The monoisotopic (exact) mass is 447 g/mol. The number of carbonyl (C=O) groups is 1. The lowest BCUT2D eigenvalue weighted by atomic mass is 9.88. The third-order valence-electron chi connectivity index (χ3n) is 7.60. The number of halogens is 1. The molecule has 5 heteroatoms. The van der Waals surface area contributed by atoms with Gasteiger partial charge in [0.2, 0.25) is 5.91 Å². The maximum absolute atomic E-state index is 14.4. The third-order valence-corrected chi connectivity index (χ3v) is 7.60. The van der Waals surface area contributed by atoms with E-state index in [1.54, 1.807) is 13.0 Å². The highest BCUT2D eigenvalue weighted by Gasteiger charge is 2.33. The van der Waals surface area contributed by atoms with Crippen molar-refractivity contribution < 1.29 is 9.18 Å². The van der Waals surface area contributed by atoms with Crippen molar-refractivity contribution in [3.8, 4) is 11.4 Å². The van der Waals surface area contributed by atoms with Gasteiger partial charge in [-0.05, 0) is 56.4 Å². The van der Waals surface area contributed by atoms with E-state index in [0.29, 0.717) is 29.0 Å². The van der Waals surface area contributed by atoms with Crippen LogP contribution in [-0.4, -0.2) is 32.4 Å². The first kappa shape index (κ1) is 22.1. The molecule has 5 rings (SSSR count). The normalized spacial score (nSPS) is 18.0. The third kappa shape index (κ3) is 4.55. The Labute approximate surface area is 195 Å². The number of nitrogens with zero attached hydrogens (tertiary/aromatic N) is 3. The summed E-state index contributed by atoms with van der Waals surface area (Å²) < 4.78 is 16.4. The van der Waals surface area contributed by atoms with Crippen LogP contribution in [0.5, 0.6) is 0 Å². The zero-order chi connectivity index (χ0) is 22.8. The molecule has 2 aromatic carbocycles. The molecule has 0 spiro atoms. The van der Waals surface area contributed by atoms with Crippen LogP contribution in [-0.2, 0) is 11.3 Å². The van der Waals surface area contributed by atoms with Crippen molar-refractivity contribution in [1.29, 1.82) is 0 Å². The molecule has 174 valence electrons. The van der Waals surface area contributed by atoms with Crippen molar-refractivity contribution in [2.75, 3.05) is 0 Å². The molecule has 33 heavy (non-hydrogen) atoms. The summed E-state index contributed by atoms with van der Waals surface area (Å²) in [5.41, 5.74) is 3.08. The lowest BCUT2D eigenvalue weighted by Gasteiger charge is -2.42. The van der Waals surface area contributed by atoms with Crippen LogP contribution in [0.15, 0.2) is 42.5 Å². The molecule has 0 bridgehead atoms. The predicted molar refractivity (Wildman–Crippen MR) is 130 cm³/mol. The topological polar surface area (TPSA) is 38.1 Å². The molecule has 3 aromatic rings. The number of aromatic nitrogens is 2. The minimum absolute atomic E-state index is 0.186. The van der Waals surface area contributed by atoms with E-state index in [4.69, 9.17) is 4.98 Å². The predicted octanol–water partition coefficient (Wildman–Crippen LogP) is 6.64. The van der Waals surface area contributed by atoms with E-state index in [0.717, 1.165) is 36.7 Å². The van der Waals surface area contributed by atoms with Gasteiger partial charge in [-0.25, -0.2) is 9.37 Å². The molecule has 2 fully saturated rings. The molecule has 0 saturated heterocycles. The molecule has 0 radical (unpaired) electrons. The molecule has 1 aromatic heterocycles. The smallest absolute Gasteiger partial charge is 0.243 e. The first-order valence-electron chi connectivity index (χ1n) is 12.6. The van der Waals surface area contributed by atoms with E-state index in [-0.39, 0.29) is 18.3 Å². The van der Waals surface area contributed by atoms with Crippen molar-refractivity contribution in [2.45, 2.75) is 89.8 Å². The van der Waals surface area contributed by atoms with Crippen LogP contribution in [0.4, 0.5) is 4.39 Å².